The van der Waals surface area contributed by atoms with Gasteiger partial charge in [-0.3, -0.25) is 19.3 Å². The highest BCUT2D eigenvalue weighted by Gasteiger charge is 2.35. The number of fused-ring (bicyclic) bond motifs is 1. The molecule has 0 fully saturated rings. The predicted molar refractivity (Wildman–Crippen MR) is 109 cm³/mol. The van der Waals surface area contributed by atoms with Crippen molar-refractivity contribution in [2.45, 2.75) is 6.92 Å². The number of aryl methyl sites for hydroxylation is 1. The first-order valence-corrected chi connectivity index (χ1v) is 9.08. The summed E-state index contributed by atoms with van der Waals surface area (Å²) in [5.74, 6) is -1.80. The van der Waals surface area contributed by atoms with Crippen molar-refractivity contribution in [3.05, 3.63) is 71.3 Å². The van der Waals surface area contributed by atoms with Crippen LogP contribution in [0.5, 0.6) is 5.75 Å². The first-order valence-electron chi connectivity index (χ1n) is 9.08. The molecule has 30 heavy (non-hydrogen) atoms. The second-order valence-corrected chi connectivity index (χ2v) is 6.60. The number of rotatable bonds is 7. The minimum atomic E-state index is -0.786. The van der Waals surface area contributed by atoms with Crippen LogP contribution in [-0.4, -0.2) is 48.9 Å². The highest BCUT2D eigenvalue weighted by Crippen LogP contribution is 2.26. The molecule has 8 heteroatoms. The summed E-state index contributed by atoms with van der Waals surface area (Å²) in [4.78, 5) is 50.1. The van der Waals surface area contributed by atoms with Gasteiger partial charge in [0, 0.05) is 6.54 Å². The summed E-state index contributed by atoms with van der Waals surface area (Å²) in [7, 11) is 1.48. The average Bonchev–Trinajstić information content (AvgIpc) is 2.97. The topological polar surface area (TPSA) is 102 Å². The van der Waals surface area contributed by atoms with Crippen molar-refractivity contribution < 1.29 is 28.7 Å². The monoisotopic (exact) mass is 408 g/mol. The molecule has 1 N–H and O–H groups in total. The quantitative estimate of drug-likeness (QED) is 0.429. The van der Waals surface area contributed by atoms with Crippen molar-refractivity contribution in [2.75, 3.05) is 25.6 Å². The highest BCUT2D eigenvalue weighted by atomic mass is 16.5. The van der Waals surface area contributed by atoms with Crippen molar-refractivity contribution in [1.82, 2.24) is 4.90 Å². The molecule has 1 heterocycles. The summed E-state index contributed by atoms with van der Waals surface area (Å²) in [5.41, 5.74) is 1.78. The van der Waals surface area contributed by atoms with E-state index in [4.69, 9.17) is 9.47 Å². The number of methoxy groups -OCH3 is 1. The molecule has 3 amide bonds. The molecule has 8 nitrogen and oxygen atoms in total. The zero-order valence-corrected chi connectivity index (χ0v) is 16.6. The van der Waals surface area contributed by atoms with Crippen LogP contribution in [0.4, 0.5) is 5.69 Å². The molecule has 1 aliphatic rings. The van der Waals surface area contributed by atoms with Crippen molar-refractivity contribution in [3.8, 4) is 5.75 Å². The van der Waals surface area contributed by atoms with Crippen LogP contribution >= 0.6 is 0 Å². The van der Waals surface area contributed by atoms with Gasteiger partial charge in [-0.2, -0.15) is 0 Å². The first-order chi connectivity index (χ1) is 14.3. The summed E-state index contributed by atoms with van der Waals surface area (Å²) >= 11 is 0. The Labute approximate surface area is 173 Å². The normalized spacial score (nSPS) is 12.4. The summed E-state index contributed by atoms with van der Waals surface area (Å²) in [6, 6.07) is 9.36. The Morgan fingerprint density at radius 3 is 2.53 bits per heavy atom. The Balaban J connectivity index is 1.66. The third-order valence-electron chi connectivity index (χ3n) is 4.48. The summed E-state index contributed by atoms with van der Waals surface area (Å²) in [6.45, 7) is 4.94. The third-order valence-corrected chi connectivity index (χ3v) is 4.48. The van der Waals surface area contributed by atoms with Gasteiger partial charge in [0.25, 0.3) is 17.7 Å². The Morgan fingerprint density at radius 2 is 1.83 bits per heavy atom. The average molecular weight is 408 g/mol. The third kappa shape index (κ3) is 4.07. The van der Waals surface area contributed by atoms with E-state index in [-0.39, 0.29) is 23.2 Å². The molecule has 0 radical (unpaired) electrons. The van der Waals surface area contributed by atoms with E-state index in [1.807, 2.05) is 13.0 Å². The highest BCUT2D eigenvalue weighted by molar-refractivity contribution is 6.22. The molecule has 0 saturated heterocycles. The minimum Gasteiger partial charge on any atom is -0.495 e. The van der Waals surface area contributed by atoms with Gasteiger partial charge in [-0.05, 0) is 42.8 Å². The molecule has 0 aromatic heterocycles. The van der Waals surface area contributed by atoms with E-state index in [9.17, 15) is 19.2 Å². The Bertz CT molecular complexity index is 1060. The molecule has 1 aliphatic heterocycles. The van der Waals surface area contributed by atoms with Gasteiger partial charge in [0.15, 0.2) is 6.61 Å². The maximum Gasteiger partial charge on any atom is 0.338 e. The molecule has 0 aliphatic carbocycles. The smallest absolute Gasteiger partial charge is 0.338 e. The Hall–Kier alpha value is -3.94. The Kier molecular flexibility index (Phi) is 5.96. The van der Waals surface area contributed by atoms with E-state index in [1.165, 1.54) is 31.4 Å². The van der Waals surface area contributed by atoms with Gasteiger partial charge in [0.2, 0.25) is 0 Å². The lowest BCUT2D eigenvalue weighted by Crippen LogP contribution is -2.29. The number of hydrogen-bond donors (Lipinski definition) is 1. The number of benzene rings is 2. The van der Waals surface area contributed by atoms with Crippen LogP contribution in [0.15, 0.2) is 49.1 Å². The molecular weight excluding hydrogens is 388 g/mol. The van der Waals surface area contributed by atoms with Crippen LogP contribution in [0.1, 0.15) is 36.6 Å². The van der Waals surface area contributed by atoms with Crippen LogP contribution in [-0.2, 0) is 9.53 Å². The van der Waals surface area contributed by atoms with E-state index in [2.05, 4.69) is 11.9 Å². The molecule has 3 rings (SSSR count). The number of anilines is 1. The standard InChI is InChI=1S/C22H20N2O6/c1-4-9-24-20(26)15-7-6-14(11-16(15)21(24)27)22(28)30-12-19(25)23-17-10-13(2)5-8-18(17)29-3/h4-8,10-11H,1,9,12H2,2-3H3,(H,23,25). The molecule has 0 unspecified atom stereocenters. The zero-order valence-electron chi connectivity index (χ0n) is 16.6. The van der Waals surface area contributed by atoms with Gasteiger partial charge in [-0.25, -0.2) is 4.79 Å². The molecular formula is C22H20N2O6. The molecule has 0 bridgehead atoms. The number of hydrogen-bond acceptors (Lipinski definition) is 6. The lowest BCUT2D eigenvalue weighted by molar-refractivity contribution is -0.119. The second-order valence-electron chi connectivity index (χ2n) is 6.60. The lowest BCUT2D eigenvalue weighted by Gasteiger charge is -2.11. The van der Waals surface area contributed by atoms with Gasteiger partial charge < -0.3 is 14.8 Å². The summed E-state index contributed by atoms with van der Waals surface area (Å²) < 4.78 is 10.2. The fourth-order valence-electron chi connectivity index (χ4n) is 3.03. The van der Waals surface area contributed by atoms with Crippen LogP contribution in [0.3, 0.4) is 0 Å². The molecule has 2 aromatic rings. The SMILES string of the molecule is C=CCN1C(=O)c2ccc(C(=O)OCC(=O)Nc3cc(C)ccc3OC)cc2C1=O. The van der Waals surface area contributed by atoms with Gasteiger partial charge >= 0.3 is 5.97 Å². The molecule has 0 atom stereocenters. The largest absolute Gasteiger partial charge is 0.495 e. The molecule has 0 saturated carbocycles. The number of imide groups is 1. The van der Waals surface area contributed by atoms with Crippen LogP contribution in [0.2, 0.25) is 0 Å². The number of carbonyl (C=O) groups is 4. The zero-order chi connectivity index (χ0) is 21.8. The van der Waals surface area contributed by atoms with Crippen LogP contribution in [0.25, 0.3) is 0 Å². The Morgan fingerprint density at radius 1 is 1.10 bits per heavy atom. The number of nitrogens with one attached hydrogen (secondary N) is 1. The van der Waals surface area contributed by atoms with Gasteiger partial charge in [-0.15, -0.1) is 6.58 Å². The predicted octanol–water partition coefficient (Wildman–Crippen LogP) is 2.58. The number of esters is 1. The number of amides is 3. The fraction of sp³-hybridized carbons (Fsp3) is 0.182. The first kappa shape index (κ1) is 20.8. The van der Waals surface area contributed by atoms with Crippen molar-refractivity contribution in [3.63, 3.8) is 0 Å². The molecule has 2 aromatic carbocycles. The number of nitrogens with zero attached hydrogens (tertiary/aromatic N) is 1. The number of ether oxygens (including phenoxy) is 2. The van der Waals surface area contributed by atoms with E-state index in [0.717, 1.165) is 10.5 Å². The maximum atomic E-state index is 12.4. The molecule has 154 valence electrons. The maximum absolute atomic E-state index is 12.4. The summed E-state index contributed by atoms with van der Waals surface area (Å²) in [5, 5.41) is 2.63. The lowest BCUT2D eigenvalue weighted by atomic mass is 10.1. The van der Waals surface area contributed by atoms with Crippen molar-refractivity contribution in [1.29, 1.82) is 0 Å². The summed E-state index contributed by atoms with van der Waals surface area (Å²) in [6.07, 6.45) is 1.44. The van der Waals surface area contributed by atoms with Gasteiger partial charge in [-0.1, -0.05) is 12.1 Å². The van der Waals surface area contributed by atoms with Crippen LogP contribution in [0, 0.1) is 6.92 Å². The number of carbonyl (C=O) groups excluding carboxylic acids is 4. The van der Waals surface area contributed by atoms with Crippen molar-refractivity contribution in [2.24, 2.45) is 0 Å². The van der Waals surface area contributed by atoms with Crippen molar-refractivity contribution >= 4 is 29.4 Å². The van der Waals surface area contributed by atoms with E-state index >= 15 is 0 Å². The van der Waals surface area contributed by atoms with Crippen LogP contribution < -0.4 is 10.1 Å². The van der Waals surface area contributed by atoms with E-state index in [1.54, 1.807) is 12.1 Å². The van der Waals surface area contributed by atoms with E-state index < -0.39 is 30.3 Å². The minimum absolute atomic E-state index is 0.0660. The molecule has 0 spiro atoms. The van der Waals surface area contributed by atoms with Gasteiger partial charge in [0.1, 0.15) is 5.75 Å². The second kappa shape index (κ2) is 8.60. The van der Waals surface area contributed by atoms with Gasteiger partial charge in [0.05, 0.1) is 29.5 Å². The fourth-order valence-corrected chi connectivity index (χ4v) is 3.03. The van der Waals surface area contributed by atoms with E-state index in [0.29, 0.717) is 11.4 Å².